The summed E-state index contributed by atoms with van der Waals surface area (Å²) in [5, 5.41) is 0. The van der Waals surface area contributed by atoms with Gasteiger partial charge in [-0.2, -0.15) is 0 Å². The zero-order valence-electron chi connectivity index (χ0n) is 17.3. The van der Waals surface area contributed by atoms with Gasteiger partial charge in [0.2, 0.25) is 11.8 Å². The second-order valence-corrected chi connectivity index (χ2v) is 8.14. The number of hydrogen-bond donors (Lipinski definition) is 0. The van der Waals surface area contributed by atoms with Crippen LogP contribution in [0, 0.1) is 12.8 Å². The third-order valence-electron chi connectivity index (χ3n) is 5.96. The number of likely N-dealkylation sites (tertiary alicyclic amines) is 1. The predicted molar refractivity (Wildman–Crippen MR) is 114 cm³/mol. The first-order valence-electron chi connectivity index (χ1n) is 10.5. The molecule has 2 aromatic carbocycles. The number of amides is 3. The van der Waals surface area contributed by atoms with E-state index < -0.39 is 0 Å². The predicted octanol–water partition coefficient (Wildman–Crippen LogP) is 2.33. The van der Waals surface area contributed by atoms with Crippen molar-refractivity contribution in [2.24, 2.45) is 5.92 Å². The summed E-state index contributed by atoms with van der Waals surface area (Å²) in [4.78, 5) is 43.4. The first-order chi connectivity index (χ1) is 14.5. The Balaban J connectivity index is 1.30. The minimum atomic E-state index is -0.292. The molecule has 0 aliphatic carbocycles. The minimum absolute atomic E-state index is 0.00279. The zero-order valence-corrected chi connectivity index (χ0v) is 17.3. The lowest BCUT2D eigenvalue weighted by Crippen LogP contribution is -2.52. The van der Waals surface area contributed by atoms with Gasteiger partial charge >= 0.3 is 0 Å². The van der Waals surface area contributed by atoms with Crippen molar-refractivity contribution >= 4 is 17.7 Å². The van der Waals surface area contributed by atoms with E-state index in [1.54, 1.807) is 9.80 Å². The van der Waals surface area contributed by atoms with Crippen LogP contribution in [0.1, 0.15) is 27.9 Å². The molecule has 0 radical (unpaired) electrons. The van der Waals surface area contributed by atoms with Gasteiger partial charge in [-0.15, -0.1) is 0 Å². The summed E-state index contributed by atoms with van der Waals surface area (Å²) < 4.78 is 0. The number of nitrogens with zero attached hydrogens (tertiary/aromatic N) is 3. The molecule has 4 rings (SSSR count). The topological polar surface area (TPSA) is 60.9 Å². The third-order valence-corrected chi connectivity index (χ3v) is 5.96. The Bertz CT molecular complexity index is 918. The lowest BCUT2D eigenvalue weighted by atomic mass is 10.1. The van der Waals surface area contributed by atoms with Crippen LogP contribution in [0.15, 0.2) is 54.6 Å². The fourth-order valence-corrected chi connectivity index (χ4v) is 4.16. The number of hydrogen-bond acceptors (Lipinski definition) is 3. The maximum absolute atomic E-state index is 13.0. The average Bonchev–Trinajstić information content (AvgIpc) is 3.15. The number of carbonyl (C=O) groups excluding carboxylic acids is 3. The molecule has 0 aromatic heterocycles. The Morgan fingerprint density at radius 1 is 0.900 bits per heavy atom. The van der Waals surface area contributed by atoms with E-state index in [0.717, 1.165) is 5.56 Å². The van der Waals surface area contributed by atoms with E-state index >= 15 is 0 Å². The highest BCUT2D eigenvalue weighted by molar-refractivity contribution is 5.94. The molecule has 2 aliphatic rings. The second kappa shape index (κ2) is 8.69. The molecule has 0 saturated carbocycles. The Labute approximate surface area is 177 Å². The van der Waals surface area contributed by atoms with Crippen LogP contribution < -0.4 is 0 Å². The van der Waals surface area contributed by atoms with Crippen LogP contribution in [0.4, 0.5) is 0 Å². The van der Waals surface area contributed by atoms with Crippen LogP contribution >= 0.6 is 0 Å². The van der Waals surface area contributed by atoms with Crippen molar-refractivity contribution in [1.82, 2.24) is 14.7 Å². The van der Waals surface area contributed by atoms with Crippen LogP contribution in [-0.2, 0) is 16.1 Å². The van der Waals surface area contributed by atoms with Crippen molar-refractivity contribution < 1.29 is 14.4 Å². The molecule has 6 heteroatoms. The van der Waals surface area contributed by atoms with Crippen LogP contribution in [-0.4, -0.2) is 65.1 Å². The molecule has 3 amide bonds. The van der Waals surface area contributed by atoms with Crippen LogP contribution in [0.3, 0.4) is 0 Å². The molecule has 2 aromatic rings. The van der Waals surface area contributed by atoms with E-state index in [1.807, 2.05) is 66.4 Å². The van der Waals surface area contributed by atoms with Crippen molar-refractivity contribution in [3.63, 3.8) is 0 Å². The minimum Gasteiger partial charge on any atom is -0.339 e. The summed E-state index contributed by atoms with van der Waals surface area (Å²) in [6, 6.07) is 17.3. The highest BCUT2D eigenvalue weighted by Gasteiger charge is 2.37. The smallest absolute Gasteiger partial charge is 0.253 e. The van der Waals surface area contributed by atoms with E-state index in [-0.39, 0.29) is 30.1 Å². The summed E-state index contributed by atoms with van der Waals surface area (Å²) in [5.74, 6) is -0.226. The number of benzene rings is 2. The van der Waals surface area contributed by atoms with E-state index in [0.29, 0.717) is 44.8 Å². The molecule has 156 valence electrons. The SMILES string of the molecule is Cc1ccc(CN2C[C@H](C(=O)N3CCN(C(=O)c4ccccc4)CC3)CC2=O)cc1. The lowest BCUT2D eigenvalue weighted by Gasteiger charge is -2.36. The van der Waals surface area contributed by atoms with Gasteiger partial charge in [0.25, 0.3) is 5.91 Å². The summed E-state index contributed by atoms with van der Waals surface area (Å²) >= 11 is 0. The fourth-order valence-electron chi connectivity index (χ4n) is 4.16. The molecule has 30 heavy (non-hydrogen) atoms. The fraction of sp³-hybridized carbons (Fsp3) is 0.375. The standard InChI is InChI=1S/C24H27N3O3/c1-18-7-9-19(10-8-18)16-27-17-21(15-22(27)28)24(30)26-13-11-25(12-14-26)23(29)20-5-3-2-4-6-20/h2-10,21H,11-17H2,1H3/t21-/m1/s1. The third kappa shape index (κ3) is 4.37. The average molecular weight is 405 g/mol. The van der Waals surface area contributed by atoms with Gasteiger partial charge in [0, 0.05) is 51.3 Å². The summed E-state index contributed by atoms with van der Waals surface area (Å²) in [5.41, 5.74) is 2.94. The van der Waals surface area contributed by atoms with Gasteiger partial charge in [-0.3, -0.25) is 14.4 Å². The zero-order chi connectivity index (χ0) is 21.1. The molecule has 0 spiro atoms. The van der Waals surface area contributed by atoms with Gasteiger partial charge in [0.05, 0.1) is 5.92 Å². The maximum Gasteiger partial charge on any atom is 0.253 e. The molecule has 2 saturated heterocycles. The Kier molecular flexibility index (Phi) is 5.84. The molecule has 2 aliphatic heterocycles. The lowest BCUT2D eigenvalue weighted by molar-refractivity contribution is -0.137. The van der Waals surface area contributed by atoms with Crippen molar-refractivity contribution in [2.75, 3.05) is 32.7 Å². The molecule has 2 fully saturated rings. The molecule has 0 N–H and O–H groups in total. The number of piperazine rings is 1. The number of carbonyl (C=O) groups is 3. The second-order valence-electron chi connectivity index (χ2n) is 8.14. The van der Waals surface area contributed by atoms with Crippen molar-refractivity contribution in [2.45, 2.75) is 19.9 Å². The molecule has 1 atom stereocenters. The number of aryl methyl sites for hydroxylation is 1. The van der Waals surface area contributed by atoms with Crippen molar-refractivity contribution in [1.29, 1.82) is 0 Å². The Morgan fingerprint density at radius 3 is 2.20 bits per heavy atom. The molecular formula is C24H27N3O3. The van der Waals surface area contributed by atoms with Gasteiger partial charge < -0.3 is 14.7 Å². The summed E-state index contributed by atoms with van der Waals surface area (Å²) in [7, 11) is 0. The van der Waals surface area contributed by atoms with Crippen molar-refractivity contribution in [3.05, 3.63) is 71.3 Å². The van der Waals surface area contributed by atoms with Crippen molar-refractivity contribution in [3.8, 4) is 0 Å². The highest BCUT2D eigenvalue weighted by atomic mass is 16.2. The largest absolute Gasteiger partial charge is 0.339 e. The van der Waals surface area contributed by atoms with Crippen LogP contribution in [0.25, 0.3) is 0 Å². The monoisotopic (exact) mass is 405 g/mol. The van der Waals surface area contributed by atoms with E-state index in [9.17, 15) is 14.4 Å². The van der Waals surface area contributed by atoms with E-state index in [1.165, 1.54) is 5.56 Å². The van der Waals surface area contributed by atoms with Gasteiger partial charge in [-0.1, -0.05) is 48.0 Å². The van der Waals surface area contributed by atoms with Crippen LogP contribution in [0.5, 0.6) is 0 Å². The molecule has 0 bridgehead atoms. The van der Waals surface area contributed by atoms with E-state index in [2.05, 4.69) is 0 Å². The maximum atomic E-state index is 13.0. The summed E-state index contributed by atoms with van der Waals surface area (Å²) in [6.45, 7) is 5.12. The summed E-state index contributed by atoms with van der Waals surface area (Å²) in [6.07, 6.45) is 0.272. The molecule has 2 heterocycles. The first-order valence-corrected chi connectivity index (χ1v) is 10.5. The molecule has 0 unspecified atom stereocenters. The molecular weight excluding hydrogens is 378 g/mol. The van der Waals surface area contributed by atoms with Gasteiger partial charge in [-0.05, 0) is 24.6 Å². The van der Waals surface area contributed by atoms with Gasteiger partial charge in [0.15, 0.2) is 0 Å². The quantitative estimate of drug-likeness (QED) is 0.784. The Morgan fingerprint density at radius 2 is 1.53 bits per heavy atom. The first kappa shape index (κ1) is 20.1. The van der Waals surface area contributed by atoms with Gasteiger partial charge in [-0.25, -0.2) is 0 Å². The normalized spacial score (nSPS) is 19.3. The molecule has 6 nitrogen and oxygen atoms in total. The highest BCUT2D eigenvalue weighted by Crippen LogP contribution is 2.23. The Hall–Kier alpha value is -3.15. The number of rotatable bonds is 4. The van der Waals surface area contributed by atoms with E-state index in [4.69, 9.17) is 0 Å². The van der Waals surface area contributed by atoms with Gasteiger partial charge in [0.1, 0.15) is 0 Å². The van der Waals surface area contributed by atoms with Crippen LogP contribution in [0.2, 0.25) is 0 Å².